The Balaban J connectivity index is 0.000000193. The van der Waals surface area contributed by atoms with Crippen LogP contribution < -0.4 is 22.6 Å². The summed E-state index contributed by atoms with van der Waals surface area (Å²) in [7, 11) is -7.67. The molecule has 6 aromatic carbocycles. The van der Waals surface area contributed by atoms with Crippen molar-refractivity contribution in [2.45, 2.75) is 26.4 Å². The molecule has 10 heteroatoms. The Kier molecular flexibility index (Phi) is 14.3. The average Bonchev–Trinajstić information content (AvgIpc) is 3.11. The van der Waals surface area contributed by atoms with Crippen LogP contribution >= 0.6 is 15.6 Å². The smallest absolute Gasteiger partial charge is 0.395 e. The summed E-state index contributed by atoms with van der Waals surface area (Å²) in [5, 5.41) is 0. The van der Waals surface area contributed by atoms with Gasteiger partial charge in [0, 0.05) is 0 Å². The van der Waals surface area contributed by atoms with Gasteiger partial charge in [-0.3, -0.25) is 4.52 Å². The maximum absolute atomic E-state index is 13.1. The van der Waals surface area contributed by atoms with Crippen LogP contribution in [-0.4, -0.2) is 5.60 Å². The number of para-hydroxylation sites is 5. The molecule has 0 unspecified atom stereocenters. The van der Waals surface area contributed by atoms with Gasteiger partial charge >= 0.3 is 15.6 Å². The Hall–Kier alpha value is -5.26. The van der Waals surface area contributed by atoms with Crippen LogP contribution in [0, 0.1) is 0 Å². The lowest BCUT2D eigenvalue weighted by molar-refractivity contribution is 0.0882. The molecule has 0 atom stereocenters. The molecule has 0 heterocycles. The van der Waals surface area contributed by atoms with E-state index in [0.29, 0.717) is 28.7 Å². The van der Waals surface area contributed by atoms with E-state index >= 15 is 0 Å². The molecule has 6 rings (SSSR count). The second kappa shape index (κ2) is 19.1. The van der Waals surface area contributed by atoms with Gasteiger partial charge in [-0.15, -0.1) is 0 Å². The average molecular weight is 711 g/mol. The summed E-state index contributed by atoms with van der Waals surface area (Å²) in [5.74, 6) is 2.08. The molecule has 0 aliphatic rings. The van der Waals surface area contributed by atoms with Gasteiger partial charge in [0.1, 0.15) is 28.7 Å². The van der Waals surface area contributed by atoms with Gasteiger partial charge in [0.05, 0.1) is 5.60 Å². The van der Waals surface area contributed by atoms with Crippen molar-refractivity contribution in [1.82, 2.24) is 0 Å². The predicted molar refractivity (Wildman–Crippen MR) is 198 cm³/mol. The fourth-order valence-electron chi connectivity index (χ4n) is 3.88. The van der Waals surface area contributed by atoms with Crippen LogP contribution in [-0.2, 0) is 13.7 Å². The molecule has 6 aromatic rings. The first-order chi connectivity index (χ1) is 24.1. The van der Waals surface area contributed by atoms with E-state index in [1.165, 1.54) is 0 Å². The van der Waals surface area contributed by atoms with Crippen molar-refractivity contribution in [3.05, 3.63) is 188 Å². The fourth-order valence-corrected chi connectivity index (χ4v) is 6.68. The monoisotopic (exact) mass is 710 g/mol. The van der Waals surface area contributed by atoms with Crippen LogP contribution in [0.5, 0.6) is 28.7 Å². The van der Waals surface area contributed by atoms with Crippen LogP contribution in [0.4, 0.5) is 0 Å². The van der Waals surface area contributed by atoms with Gasteiger partial charge in [0.25, 0.3) is 0 Å². The first-order valence-corrected chi connectivity index (χ1v) is 18.7. The largest absolute Gasteiger partial charge is 0.647 e. The number of rotatable bonds is 11. The predicted octanol–water partition coefficient (Wildman–Crippen LogP) is 12.1. The highest BCUT2D eigenvalue weighted by atomic mass is 31.2. The maximum atomic E-state index is 13.1. The third-order valence-electron chi connectivity index (χ3n) is 5.85. The van der Waals surface area contributed by atoms with Gasteiger partial charge in [-0.1, -0.05) is 127 Å². The van der Waals surface area contributed by atoms with Crippen LogP contribution in [0.3, 0.4) is 0 Å². The quantitative estimate of drug-likeness (QED) is 0.123. The van der Waals surface area contributed by atoms with Gasteiger partial charge in [-0.2, -0.15) is 4.57 Å². The summed E-state index contributed by atoms with van der Waals surface area (Å²) in [6, 6.07) is 56.0. The normalized spacial score (nSPS) is 10.9. The molecule has 0 amide bonds. The molecule has 0 fully saturated rings. The Bertz CT molecular complexity index is 1690. The van der Waals surface area contributed by atoms with Gasteiger partial charge in [0.2, 0.25) is 0 Å². The van der Waals surface area contributed by atoms with Crippen molar-refractivity contribution in [1.29, 1.82) is 0 Å². The summed E-state index contributed by atoms with van der Waals surface area (Å²) in [4.78, 5) is 0. The van der Waals surface area contributed by atoms with Crippen molar-refractivity contribution >= 4 is 15.6 Å². The third kappa shape index (κ3) is 14.5. The molecule has 0 N–H and O–H groups in total. The zero-order valence-corrected chi connectivity index (χ0v) is 29.8. The molecule has 0 saturated carbocycles. The molecule has 0 spiro atoms. The first kappa shape index (κ1) is 37.6. The minimum atomic E-state index is -3.89. The summed E-state index contributed by atoms with van der Waals surface area (Å²) >= 11 is 0. The summed E-state index contributed by atoms with van der Waals surface area (Å²) < 4.78 is 59.0. The molecule has 258 valence electrons. The van der Waals surface area contributed by atoms with E-state index in [1.807, 2.05) is 66.7 Å². The van der Waals surface area contributed by atoms with Crippen molar-refractivity contribution in [3.8, 4) is 28.7 Å². The Morgan fingerprint density at radius 2 is 0.500 bits per heavy atom. The summed E-state index contributed by atoms with van der Waals surface area (Å²) in [6.07, 6.45) is 0. The number of hydrogen-bond donors (Lipinski definition) is 0. The Morgan fingerprint density at radius 3 is 0.700 bits per heavy atom. The molecular formula is C40H40O8P2. The molecule has 0 bridgehead atoms. The third-order valence-corrected chi connectivity index (χ3v) is 8.80. The lowest BCUT2D eigenvalue weighted by Crippen LogP contribution is -2.21. The maximum Gasteiger partial charge on any atom is 0.647 e. The van der Waals surface area contributed by atoms with Gasteiger partial charge < -0.3 is 22.6 Å². The number of benzene rings is 6. The van der Waals surface area contributed by atoms with E-state index in [4.69, 9.17) is 27.1 Å². The lowest BCUT2D eigenvalue weighted by atomic mass is 10.2. The minimum absolute atomic E-state index is 0.405. The van der Waals surface area contributed by atoms with Crippen LogP contribution in [0.1, 0.15) is 20.8 Å². The van der Waals surface area contributed by atoms with Crippen molar-refractivity contribution in [2.24, 2.45) is 0 Å². The topological polar surface area (TPSA) is 89.5 Å². The SMILES string of the molecule is CC(C)(C)OP(=O)(Oc1ccccc1)Oc1ccccc1.O=P(Oc1ccccc1)(Oc1ccccc1)Oc1ccccc1.c1ccccc1. The summed E-state index contributed by atoms with van der Waals surface area (Å²) in [5.41, 5.74) is -0.668. The Morgan fingerprint density at radius 1 is 0.320 bits per heavy atom. The lowest BCUT2D eigenvalue weighted by Gasteiger charge is -2.26. The first-order valence-electron chi connectivity index (χ1n) is 15.7. The summed E-state index contributed by atoms with van der Waals surface area (Å²) in [6.45, 7) is 5.38. The van der Waals surface area contributed by atoms with E-state index in [9.17, 15) is 9.13 Å². The molecular weight excluding hydrogens is 670 g/mol. The van der Waals surface area contributed by atoms with Gasteiger partial charge in [0.15, 0.2) is 0 Å². The Labute approximate surface area is 294 Å². The molecule has 50 heavy (non-hydrogen) atoms. The standard InChI is InChI=1S/C18H15O4P.C16H19O4P.C6H6/c19-23(20-16-10-4-1-5-11-16,21-17-12-6-2-7-13-17)22-18-14-8-3-9-15-18;1-16(2,3)20-21(17,18-14-10-6-4-7-11-14)19-15-12-8-5-9-13-15;1-2-4-6-5-3-1/h1-15H;4-13H,1-3H3;1-6H. The molecule has 0 aliphatic heterocycles. The van der Waals surface area contributed by atoms with Crippen molar-refractivity contribution in [3.63, 3.8) is 0 Å². The van der Waals surface area contributed by atoms with Crippen LogP contribution in [0.2, 0.25) is 0 Å². The molecule has 8 nitrogen and oxygen atoms in total. The highest BCUT2D eigenvalue weighted by Crippen LogP contribution is 2.52. The number of hydrogen-bond acceptors (Lipinski definition) is 8. The number of phosphoric ester groups is 2. The molecule has 0 saturated heterocycles. The minimum Gasteiger partial charge on any atom is -0.395 e. The van der Waals surface area contributed by atoms with E-state index in [0.717, 1.165) is 0 Å². The van der Waals surface area contributed by atoms with Crippen molar-refractivity contribution in [2.75, 3.05) is 0 Å². The molecule has 0 aliphatic carbocycles. The van der Waals surface area contributed by atoms with Crippen LogP contribution in [0.15, 0.2) is 188 Å². The second-order valence-corrected chi connectivity index (χ2v) is 14.2. The fraction of sp³-hybridized carbons (Fsp3) is 0.100. The highest BCUT2D eigenvalue weighted by Gasteiger charge is 2.36. The van der Waals surface area contributed by atoms with Crippen LogP contribution in [0.25, 0.3) is 0 Å². The number of phosphoric acid groups is 2. The highest BCUT2D eigenvalue weighted by molar-refractivity contribution is 7.50. The van der Waals surface area contributed by atoms with E-state index < -0.39 is 21.2 Å². The van der Waals surface area contributed by atoms with Gasteiger partial charge in [-0.05, 0) is 81.4 Å². The van der Waals surface area contributed by atoms with Gasteiger partial charge in [-0.25, -0.2) is 4.57 Å². The van der Waals surface area contributed by atoms with Crippen molar-refractivity contribution < 1.29 is 36.3 Å². The van der Waals surface area contributed by atoms with E-state index in [2.05, 4.69) is 0 Å². The zero-order chi connectivity index (χ0) is 35.5. The molecule has 0 radical (unpaired) electrons. The van der Waals surface area contributed by atoms with E-state index in [1.54, 1.807) is 142 Å². The molecule has 0 aromatic heterocycles. The van der Waals surface area contributed by atoms with E-state index in [-0.39, 0.29) is 0 Å². The second-order valence-electron chi connectivity index (χ2n) is 11.3. The zero-order valence-electron chi connectivity index (χ0n) is 28.1.